The van der Waals surface area contributed by atoms with Crippen molar-refractivity contribution < 1.29 is 21.6 Å². The highest BCUT2D eigenvalue weighted by molar-refractivity contribution is 9.10. The molecule has 2 heterocycles. The first-order valence-electron chi connectivity index (χ1n) is 7.25. The van der Waals surface area contributed by atoms with E-state index >= 15 is 0 Å². The van der Waals surface area contributed by atoms with Gasteiger partial charge in [0.25, 0.3) is 10.0 Å². The zero-order valence-electron chi connectivity index (χ0n) is 13.4. The van der Waals surface area contributed by atoms with Gasteiger partial charge in [0.2, 0.25) is 5.88 Å². The van der Waals surface area contributed by atoms with Gasteiger partial charge in [-0.1, -0.05) is 0 Å². The van der Waals surface area contributed by atoms with Crippen molar-refractivity contribution in [3.63, 3.8) is 0 Å². The van der Waals surface area contributed by atoms with E-state index in [1.165, 1.54) is 22.6 Å². The molecule has 3 rings (SSSR count). The lowest BCUT2D eigenvalue weighted by Gasteiger charge is -2.33. The summed E-state index contributed by atoms with van der Waals surface area (Å²) >= 11 is 3.21. The maximum atomic E-state index is 13.2. The van der Waals surface area contributed by atoms with Crippen LogP contribution in [0.25, 0.3) is 0 Å². The van der Waals surface area contributed by atoms with Crippen molar-refractivity contribution in [3.05, 3.63) is 41.0 Å². The lowest BCUT2D eigenvalue weighted by Crippen LogP contribution is -2.42. The fourth-order valence-corrected chi connectivity index (χ4v) is 5.69. The van der Waals surface area contributed by atoms with Crippen LogP contribution in [-0.2, 0) is 19.9 Å². The third-order valence-electron chi connectivity index (χ3n) is 3.65. The third kappa shape index (κ3) is 3.38. The number of benzene rings is 1. The molecule has 1 aromatic carbocycles. The summed E-state index contributed by atoms with van der Waals surface area (Å²) in [5.74, 6) is 0.222. The Bertz CT molecular complexity index is 1040. The lowest BCUT2D eigenvalue weighted by atomic mass is 10.3. The standard InChI is InChI=1S/C15H15BrN2O5S2/c1-10-9-18(13-4-3-7-17-15(13)23-10)25(21,22)14-8-11(24(2,19)20)5-6-12(14)16/h3-8,10H,9H2,1-2H3/t10-/m0/s1. The molecule has 0 N–H and O–H groups in total. The number of hydrogen-bond acceptors (Lipinski definition) is 6. The van der Waals surface area contributed by atoms with E-state index < -0.39 is 26.0 Å². The van der Waals surface area contributed by atoms with Gasteiger partial charge in [-0.15, -0.1) is 0 Å². The number of pyridine rings is 1. The van der Waals surface area contributed by atoms with Crippen molar-refractivity contribution in [3.8, 4) is 5.88 Å². The fraction of sp³-hybridized carbons (Fsp3) is 0.267. The minimum Gasteiger partial charge on any atom is -0.471 e. The number of sulfonamides is 1. The summed E-state index contributed by atoms with van der Waals surface area (Å²) in [4.78, 5) is 3.88. The van der Waals surface area contributed by atoms with E-state index in [9.17, 15) is 16.8 Å². The zero-order chi connectivity index (χ0) is 18.4. The van der Waals surface area contributed by atoms with Gasteiger partial charge in [-0.25, -0.2) is 21.8 Å². The highest BCUT2D eigenvalue weighted by Crippen LogP contribution is 2.37. The zero-order valence-corrected chi connectivity index (χ0v) is 16.6. The van der Waals surface area contributed by atoms with Crippen LogP contribution >= 0.6 is 15.9 Å². The normalized spacial score (nSPS) is 17.7. The summed E-state index contributed by atoms with van der Waals surface area (Å²) in [5, 5.41) is 0. The molecular formula is C15H15BrN2O5S2. The maximum Gasteiger partial charge on any atom is 0.265 e. The van der Waals surface area contributed by atoms with Gasteiger partial charge in [0, 0.05) is 16.9 Å². The van der Waals surface area contributed by atoms with Gasteiger partial charge in [0.15, 0.2) is 9.84 Å². The van der Waals surface area contributed by atoms with Gasteiger partial charge in [0.05, 0.1) is 11.4 Å². The molecule has 25 heavy (non-hydrogen) atoms. The molecule has 0 unspecified atom stereocenters. The molecule has 0 saturated carbocycles. The number of nitrogens with zero attached hydrogens (tertiary/aromatic N) is 2. The Morgan fingerprint density at radius 2 is 1.96 bits per heavy atom. The molecule has 0 radical (unpaired) electrons. The van der Waals surface area contributed by atoms with Crippen molar-refractivity contribution in [1.82, 2.24) is 4.98 Å². The molecule has 0 amide bonds. The highest BCUT2D eigenvalue weighted by Gasteiger charge is 2.35. The van der Waals surface area contributed by atoms with Gasteiger partial charge in [0.1, 0.15) is 16.7 Å². The number of aromatic nitrogens is 1. The number of anilines is 1. The van der Waals surface area contributed by atoms with Crippen LogP contribution < -0.4 is 9.04 Å². The van der Waals surface area contributed by atoms with Crippen LogP contribution in [0.4, 0.5) is 5.69 Å². The Labute approximate surface area is 154 Å². The van der Waals surface area contributed by atoms with Crippen LogP contribution in [0.5, 0.6) is 5.88 Å². The highest BCUT2D eigenvalue weighted by atomic mass is 79.9. The van der Waals surface area contributed by atoms with Crippen molar-refractivity contribution >= 4 is 41.5 Å². The smallest absolute Gasteiger partial charge is 0.265 e. The monoisotopic (exact) mass is 446 g/mol. The minimum atomic E-state index is -4.02. The topological polar surface area (TPSA) is 93.6 Å². The molecule has 134 valence electrons. The Morgan fingerprint density at radius 3 is 2.64 bits per heavy atom. The Balaban J connectivity index is 2.18. The summed E-state index contributed by atoms with van der Waals surface area (Å²) in [6.07, 6.45) is 2.15. The molecule has 1 aliphatic heterocycles. The average Bonchev–Trinajstić information content (AvgIpc) is 2.53. The molecule has 1 aliphatic rings. The van der Waals surface area contributed by atoms with E-state index in [1.807, 2.05) is 0 Å². The fourth-order valence-electron chi connectivity index (χ4n) is 2.48. The summed E-state index contributed by atoms with van der Waals surface area (Å²) < 4.78 is 57.1. The first kappa shape index (κ1) is 18.2. The summed E-state index contributed by atoms with van der Waals surface area (Å²) in [6, 6.07) is 7.14. The van der Waals surface area contributed by atoms with Crippen LogP contribution in [0.15, 0.2) is 50.8 Å². The van der Waals surface area contributed by atoms with Crippen LogP contribution in [-0.4, -0.2) is 40.7 Å². The van der Waals surface area contributed by atoms with Crippen molar-refractivity contribution in [2.75, 3.05) is 17.1 Å². The van der Waals surface area contributed by atoms with Crippen LogP contribution in [0, 0.1) is 0 Å². The van der Waals surface area contributed by atoms with E-state index in [-0.39, 0.29) is 26.7 Å². The van der Waals surface area contributed by atoms with Gasteiger partial charge in [-0.3, -0.25) is 4.31 Å². The molecular weight excluding hydrogens is 432 g/mol. The molecule has 0 bridgehead atoms. The molecule has 0 saturated heterocycles. The SMILES string of the molecule is C[C@H]1CN(S(=O)(=O)c2cc(S(C)(=O)=O)ccc2Br)c2cccnc2O1. The molecule has 0 spiro atoms. The maximum absolute atomic E-state index is 13.2. The predicted molar refractivity (Wildman–Crippen MR) is 96.1 cm³/mol. The van der Waals surface area contributed by atoms with Gasteiger partial charge < -0.3 is 4.74 Å². The average molecular weight is 447 g/mol. The van der Waals surface area contributed by atoms with E-state index in [0.29, 0.717) is 5.69 Å². The van der Waals surface area contributed by atoms with E-state index in [4.69, 9.17) is 4.74 Å². The number of fused-ring (bicyclic) bond motifs is 1. The third-order valence-corrected chi connectivity index (χ3v) is 7.54. The van der Waals surface area contributed by atoms with Crippen molar-refractivity contribution in [1.29, 1.82) is 0 Å². The Kier molecular flexibility index (Phi) is 4.54. The second-order valence-corrected chi connectivity index (χ2v) is 10.4. The van der Waals surface area contributed by atoms with Gasteiger partial charge >= 0.3 is 0 Å². The van der Waals surface area contributed by atoms with Gasteiger partial charge in [-0.05, 0) is 53.2 Å². The first-order chi connectivity index (χ1) is 11.6. The lowest BCUT2D eigenvalue weighted by molar-refractivity contribution is 0.210. The minimum absolute atomic E-state index is 0.0676. The first-order valence-corrected chi connectivity index (χ1v) is 11.4. The van der Waals surface area contributed by atoms with E-state index in [0.717, 1.165) is 12.3 Å². The molecule has 7 nitrogen and oxygen atoms in total. The second-order valence-electron chi connectivity index (χ2n) is 5.66. The number of hydrogen-bond donors (Lipinski definition) is 0. The van der Waals surface area contributed by atoms with E-state index in [1.54, 1.807) is 19.1 Å². The predicted octanol–water partition coefficient (Wildman–Crippen LogP) is 2.22. The Hall–Kier alpha value is -1.65. The van der Waals surface area contributed by atoms with Gasteiger partial charge in [-0.2, -0.15) is 0 Å². The molecule has 0 fully saturated rings. The van der Waals surface area contributed by atoms with Crippen molar-refractivity contribution in [2.45, 2.75) is 22.8 Å². The van der Waals surface area contributed by atoms with E-state index in [2.05, 4.69) is 20.9 Å². The summed E-state index contributed by atoms with van der Waals surface area (Å²) in [5.41, 5.74) is 0.317. The van der Waals surface area contributed by atoms with Crippen LogP contribution in [0.1, 0.15) is 6.92 Å². The number of halogens is 1. The molecule has 1 aromatic heterocycles. The number of rotatable bonds is 3. The number of ether oxygens (including phenoxy) is 1. The molecule has 2 aromatic rings. The molecule has 1 atom stereocenters. The molecule has 0 aliphatic carbocycles. The van der Waals surface area contributed by atoms with Crippen LogP contribution in [0.3, 0.4) is 0 Å². The number of sulfone groups is 1. The quantitative estimate of drug-likeness (QED) is 0.717. The van der Waals surface area contributed by atoms with Crippen LogP contribution in [0.2, 0.25) is 0 Å². The second kappa shape index (κ2) is 6.26. The Morgan fingerprint density at radius 1 is 1.24 bits per heavy atom. The molecule has 10 heteroatoms. The largest absolute Gasteiger partial charge is 0.471 e. The summed E-state index contributed by atoms with van der Waals surface area (Å²) in [7, 11) is -7.56. The summed E-state index contributed by atoms with van der Waals surface area (Å²) in [6.45, 7) is 1.83. The van der Waals surface area contributed by atoms with Crippen molar-refractivity contribution in [2.24, 2.45) is 0 Å².